The Morgan fingerprint density at radius 3 is 2.67 bits per heavy atom. The zero-order chi connectivity index (χ0) is 20.8. The van der Waals surface area contributed by atoms with Crippen LogP contribution in [0.2, 0.25) is 0 Å². The van der Waals surface area contributed by atoms with E-state index in [2.05, 4.69) is 18.0 Å². The highest BCUT2D eigenvalue weighted by Gasteiger charge is 2.33. The first-order valence-electron chi connectivity index (χ1n) is 9.98. The number of fused-ring (bicyclic) bond motifs is 2. The van der Waals surface area contributed by atoms with Gasteiger partial charge in [0.25, 0.3) is 11.5 Å². The molecule has 0 saturated carbocycles. The summed E-state index contributed by atoms with van der Waals surface area (Å²) in [4.78, 5) is 34.2. The molecule has 0 fully saturated rings. The molecular weight excluding hydrogens is 394 g/mol. The standard InChI is InChI=1S/C24H21N3O2S/c1-15-12-18-10-6-7-11-19(18)27(15)24(29)21-16(2)20-22(30-21)25-14-26(23(20)28)13-17-8-4-3-5-9-17/h3-11,14-15H,12-13H2,1-2H3. The summed E-state index contributed by atoms with van der Waals surface area (Å²) in [5.41, 5.74) is 3.79. The van der Waals surface area contributed by atoms with E-state index in [1.807, 2.05) is 60.4 Å². The number of thiophene rings is 1. The predicted octanol–water partition coefficient (Wildman–Crippen LogP) is 4.41. The lowest BCUT2D eigenvalue weighted by molar-refractivity contribution is 0.0985. The summed E-state index contributed by atoms with van der Waals surface area (Å²) in [5.74, 6) is -0.0537. The van der Waals surface area contributed by atoms with Crippen molar-refractivity contribution in [2.75, 3.05) is 4.90 Å². The summed E-state index contributed by atoms with van der Waals surface area (Å²) in [7, 11) is 0. The Hall–Kier alpha value is -3.25. The fourth-order valence-electron chi connectivity index (χ4n) is 4.24. The number of hydrogen-bond acceptors (Lipinski definition) is 4. The van der Waals surface area contributed by atoms with Gasteiger partial charge in [-0.05, 0) is 43.0 Å². The third kappa shape index (κ3) is 2.95. The van der Waals surface area contributed by atoms with Gasteiger partial charge >= 0.3 is 0 Å². The number of rotatable bonds is 3. The molecule has 0 saturated heterocycles. The number of carbonyl (C=O) groups is 1. The number of carbonyl (C=O) groups excluding carboxylic acids is 1. The minimum absolute atomic E-state index is 0.0537. The predicted molar refractivity (Wildman–Crippen MR) is 121 cm³/mol. The minimum Gasteiger partial charge on any atom is -0.304 e. The van der Waals surface area contributed by atoms with Gasteiger partial charge in [-0.15, -0.1) is 11.3 Å². The maximum Gasteiger partial charge on any atom is 0.268 e. The summed E-state index contributed by atoms with van der Waals surface area (Å²) >= 11 is 1.31. The molecule has 5 nitrogen and oxygen atoms in total. The molecule has 6 heteroatoms. The van der Waals surface area contributed by atoms with E-state index in [9.17, 15) is 9.59 Å². The molecule has 0 bridgehead atoms. The largest absolute Gasteiger partial charge is 0.304 e. The molecule has 2 aromatic heterocycles. The number of aryl methyl sites for hydroxylation is 1. The van der Waals surface area contributed by atoms with E-state index in [1.54, 1.807) is 10.9 Å². The molecule has 30 heavy (non-hydrogen) atoms. The lowest BCUT2D eigenvalue weighted by Gasteiger charge is -2.22. The van der Waals surface area contributed by atoms with Gasteiger partial charge in [0.15, 0.2) is 0 Å². The zero-order valence-electron chi connectivity index (χ0n) is 16.8. The van der Waals surface area contributed by atoms with Gasteiger partial charge in [-0.25, -0.2) is 4.98 Å². The lowest BCUT2D eigenvalue weighted by Crippen LogP contribution is -2.35. The number of amides is 1. The highest BCUT2D eigenvalue weighted by atomic mass is 32.1. The molecule has 4 aromatic rings. The van der Waals surface area contributed by atoms with Crippen molar-refractivity contribution < 1.29 is 4.79 Å². The summed E-state index contributed by atoms with van der Waals surface area (Å²) in [6.07, 6.45) is 2.42. The molecule has 3 heterocycles. The highest BCUT2D eigenvalue weighted by Crippen LogP contribution is 2.36. The molecule has 1 amide bonds. The molecule has 1 aliphatic heterocycles. The summed E-state index contributed by atoms with van der Waals surface area (Å²) < 4.78 is 1.61. The van der Waals surface area contributed by atoms with E-state index in [4.69, 9.17) is 0 Å². The summed E-state index contributed by atoms with van der Waals surface area (Å²) in [6.45, 7) is 4.37. The normalized spacial score (nSPS) is 15.5. The topological polar surface area (TPSA) is 55.2 Å². The van der Waals surface area contributed by atoms with Crippen molar-refractivity contribution in [3.05, 3.63) is 92.8 Å². The van der Waals surface area contributed by atoms with Crippen molar-refractivity contribution in [3.63, 3.8) is 0 Å². The van der Waals surface area contributed by atoms with Gasteiger partial charge in [-0.2, -0.15) is 0 Å². The molecule has 2 aromatic carbocycles. The van der Waals surface area contributed by atoms with Gasteiger partial charge < -0.3 is 4.90 Å². The van der Waals surface area contributed by atoms with E-state index < -0.39 is 0 Å². The lowest BCUT2D eigenvalue weighted by atomic mass is 10.1. The number of nitrogens with zero attached hydrogens (tertiary/aromatic N) is 3. The third-order valence-corrected chi connectivity index (χ3v) is 6.92. The van der Waals surface area contributed by atoms with Gasteiger partial charge in [-0.1, -0.05) is 48.5 Å². The monoisotopic (exact) mass is 415 g/mol. The second-order valence-corrected chi connectivity index (χ2v) is 8.76. The second-order valence-electron chi connectivity index (χ2n) is 7.76. The van der Waals surface area contributed by atoms with Crippen LogP contribution in [-0.2, 0) is 13.0 Å². The fraction of sp³-hybridized carbons (Fsp3) is 0.208. The number of anilines is 1. The van der Waals surface area contributed by atoms with Crippen LogP contribution in [0, 0.1) is 6.92 Å². The average molecular weight is 416 g/mol. The SMILES string of the molecule is Cc1c(C(=O)N2c3ccccc3CC2C)sc2ncn(Cc3ccccc3)c(=O)c12. The van der Waals surface area contributed by atoms with Gasteiger partial charge in [0.1, 0.15) is 4.83 Å². The van der Waals surface area contributed by atoms with Crippen LogP contribution in [-0.4, -0.2) is 21.5 Å². The van der Waals surface area contributed by atoms with Crippen LogP contribution in [0.5, 0.6) is 0 Å². The molecule has 1 unspecified atom stereocenters. The zero-order valence-corrected chi connectivity index (χ0v) is 17.6. The van der Waals surface area contributed by atoms with Crippen molar-refractivity contribution in [3.8, 4) is 0 Å². The number of hydrogen-bond donors (Lipinski definition) is 0. The van der Waals surface area contributed by atoms with Crippen molar-refractivity contribution in [1.29, 1.82) is 0 Å². The number of para-hydroxylation sites is 1. The molecule has 0 N–H and O–H groups in total. The van der Waals surface area contributed by atoms with E-state index in [-0.39, 0.29) is 17.5 Å². The van der Waals surface area contributed by atoms with Crippen molar-refractivity contribution in [1.82, 2.24) is 9.55 Å². The highest BCUT2D eigenvalue weighted by molar-refractivity contribution is 7.20. The van der Waals surface area contributed by atoms with Crippen molar-refractivity contribution >= 4 is 33.1 Å². The quantitative estimate of drug-likeness (QED) is 0.498. The molecule has 1 aliphatic rings. The summed E-state index contributed by atoms with van der Waals surface area (Å²) in [5, 5.41) is 0.543. The number of aromatic nitrogens is 2. The van der Waals surface area contributed by atoms with Crippen LogP contribution < -0.4 is 10.5 Å². The Bertz CT molecular complexity index is 1320. The van der Waals surface area contributed by atoms with Crippen molar-refractivity contribution in [2.24, 2.45) is 0 Å². The molecule has 0 spiro atoms. The Morgan fingerprint density at radius 2 is 1.87 bits per heavy atom. The van der Waals surface area contributed by atoms with E-state index in [0.29, 0.717) is 21.6 Å². The van der Waals surface area contributed by atoms with Crippen LogP contribution in [0.1, 0.15) is 33.3 Å². The minimum atomic E-state index is -0.105. The van der Waals surface area contributed by atoms with Crippen LogP contribution in [0.4, 0.5) is 5.69 Å². The molecule has 1 atom stereocenters. The first-order valence-corrected chi connectivity index (χ1v) is 10.8. The Morgan fingerprint density at radius 1 is 1.13 bits per heavy atom. The number of benzene rings is 2. The van der Waals surface area contributed by atoms with Gasteiger partial charge in [-0.3, -0.25) is 14.2 Å². The van der Waals surface area contributed by atoms with Crippen LogP contribution in [0.25, 0.3) is 10.2 Å². The van der Waals surface area contributed by atoms with Gasteiger partial charge in [0.2, 0.25) is 0 Å². The molecule has 150 valence electrons. The molecule has 5 rings (SSSR count). The average Bonchev–Trinajstić information content (AvgIpc) is 3.27. The smallest absolute Gasteiger partial charge is 0.268 e. The van der Waals surface area contributed by atoms with E-state index >= 15 is 0 Å². The van der Waals surface area contributed by atoms with Gasteiger partial charge in [0, 0.05) is 11.7 Å². The molecular formula is C24H21N3O2S. The van der Waals surface area contributed by atoms with Crippen molar-refractivity contribution in [2.45, 2.75) is 32.9 Å². The first kappa shape index (κ1) is 18.8. The van der Waals surface area contributed by atoms with E-state index in [1.165, 1.54) is 16.9 Å². The maximum atomic E-state index is 13.5. The van der Waals surface area contributed by atoms with Crippen LogP contribution in [0.3, 0.4) is 0 Å². The fourth-order valence-corrected chi connectivity index (χ4v) is 5.32. The van der Waals surface area contributed by atoms with Gasteiger partial charge in [0.05, 0.1) is 23.1 Å². The molecule has 0 radical (unpaired) electrons. The van der Waals surface area contributed by atoms with Crippen LogP contribution in [0.15, 0.2) is 65.7 Å². The second kappa shape index (κ2) is 7.22. The Labute approximate surface area is 178 Å². The third-order valence-electron chi connectivity index (χ3n) is 5.73. The maximum absolute atomic E-state index is 13.5. The van der Waals surface area contributed by atoms with E-state index in [0.717, 1.165) is 23.2 Å². The molecule has 0 aliphatic carbocycles. The Balaban J connectivity index is 1.56. The Kier molecular flexibility index (Phi) is 4.51. The first-order chi connectivity index (χ1) is 14.5. The summed E-state index contributed by atoms with van der Waals surface area (Å²) in [6, 6.07) is 17.9. The van der Waals surface area contributed by atoms with Crippen LogP contribution >= 0.6 is 11.3 Å².